The molecule has 4 heteroatoms. The van der Waals surface area contributed by atoms with Gasteiger partial charge in [0, 0.05) is 6.07 Å². The molecule has 0 radical (unpaired) electrons. The molecule has 0 saturated carbocycles. The van der Waals surface area contributed by atoms with E-state index in [0.717, 1.165) is 11.3 Å². The molecule has 0 saturated heterocycles. The van der Waals surface area contributed by atoms with Crippen LogP contribution in [-0.2, 0) is 9.09 Å². The van der Waals surface area contributed by atoms with E-state index in [1.165, 1.54) is 7.11 Å². The monoisotopic (exact) mass is 199 g/mol. The van der Waals surface area contributed by atoms with Crippen molar-refractivity contribution in [1.82, 2.24) is 0 Å². The third-order valence-corrected chi connectivity index (χ3v) is 2.79. The molecule has 3 nitrogen and oxygen atoms in total. The van der Waals surface area contributed by atoms with Crippen LogP contribution in [0.2, 0.25) is 0 Å². The first-order valence-electron chi connectivity index (χ1n) is 3.85. The Bertz CT molecular complexity index is 323. The fourth-order valence-electron chi connectivity index (χ4n) is 1.08. The minimum Gasteiger partial charge on any atom is -0.496 e. The summed E-state index contributed by atoms with van der Waals surface area (Å²) in [7, 11) is 1.33. The molecular weight excluding hydrogens is 187 g/mol. The molecule has 13 heavy (non-hydrogen) atoms. The Balaban J connectivity index is 3.02. The highest BCUT2D eigenvalue weighted by Gasteiger charge is 2.20. The molecule has 1 aromatic rings. The van der Waals surface area contributed by atoms with Gasteiger partial charge in [-0.25, -0.2) is 0 Å². The highest BCUT2D eigenvalue weighted by atomic mass is 31.1. The van der Waals surface area contributed by atoms with Crippen LogP contribution in [0.5, 0.6) is 5.75 Å². The van der Waals surface area contributed by atoms with Crippen molar-refractivity contribution in [3.63, 3.8) is 0 Å². The van der Waals surface area contributed by atoms with Crippen molar-refractivity contribution < 1.29 is 13.8 Å². The largest absolute Gasteiger partial charge is 0.548 e. The first-order valence-corrected chi connectivity index (χ1v) is 5.02. The standard InChI is InChI=1S/C9H12O3P/c1-7-6-8(13(10)12-3)4-5-9(7)11-2/h4-6H,1-3H3/q+1. The highest BCUT2D eigenvalue weighted by Crippen LogP contribution is 2.23. The number of aryl methyl sites for hydroxylation is 1. The van der Waals surface area contributed by atoms with Crippen LogP contribution in [0.15, 0.2) is 18.2 Å². The van der Waals surface area contributed by atoms with Crippen molar-refractivity contribution in [3.05, 3.63) is 23.8 Å². The van der Waals surface area contributed by atoms with Crippen LogP contribution in [0.25, 0.3) is 0 Å². The van der Waals surface area contributed by atoms with Crippen molar-refractivity contribution >= 4 is 13.3 Å². The molecule has 70 valence electrons. The molecule has 1 unspecified atom stereocenters. The molecule has 1 rings (SSSR count). The second-order valence-corrected chi connectivity index (χ2v) is 3.99. The van der Waals surface area contributed by atoms with Gasteiger partial charge in [-0.05, 0) is 29.2 Å². The summed E-state index contributed by atoms with van der Waals surface area (Å²) >= 11 is 0. The summed E-state index contributed by atoms with van der Waals surface area (Å²) in [6, 6.07) is 5.34. The van der Waals surface area contributed by atoms with Crippen molar-refractivity contribution in [3.8, 4) is 5.75 Å². The lowest BCUT2D eigenvalue weighted by molar-refractivity contribution is 0.411. The summed E-state index contributed by atoms with van der Waals surface area (Å²) < 4.78 is 21.1. The van der Waals surface area contributed by atoms with Crippen molar-refractivity contribution in [1.29, 1.82) is 0 Å². The minimum absolute atomic E-state index is 0.691. The van der Waals surface area contributed by atoms with Gasteiger partial charge in [0.25, 0.3) is 0 Å². The molecule has 1 atom stereocenters. The molecule has 0 aromatic heterocycles. The number of ether oxygens (including phenoxy) is 1. The van der Waals surface area contributed by atoms with Gasteiger partial charge in [0.2, 0.25) is 5.30 Å². The molecule has 0 bridgehead atoms. The lowest BCUT2D eigenvalue weighted by atomic mass is 10.2. The number of methoxy groups -OCH3 is 1. The Kier molecular flexibility index (Phi) is 3.40. The van der Waals surface area contributed by atoms with E-state index < -0.39 is 8.03 Å². The van der Waals surface area contributed by atoms with Gasteiger partial charge >= 0.3 is 8.03 Å². The summed E-state index contributed by atoms with van der Waals surface area (Å²) in [4.78, 5) is 0. The van der Waals surface area contributed by atoms with Crippen LogP contribution in [0, 0.1) is 6.92 Å². The summed E-state index contributed by atoms with van der Waals surface area (Å²) in [5.41, 5.74) is 0.959. The molecule has 0 heterocycles. The third kappa shape index (κ3) is 2.27. The maximum absolute atomic E-state index is 11.3. The summed E-state index contributed by atoms with van der Waals surface area (Å²) in [5.74, 6) is 0.795. The molecular formula is C9H12O3P+. The SMILES string of the molecule is COc1ccc([P+](=O)OC)cc1C. The minimum atomic E-state index is -1.71. The Morgan fingerprint density at radius 3 is 2.46 bits per heavy atom. The lowest BCUT2D eigenvalue weighted by Gasteiger charge is -2.01. The maximum atomic E-state index is 11.3. The molecule has 0 aliphatic heterocycles. The van der Waals surface area contributed by atoms with Crippen LogP contribution in [0.4, 0.5) is 0 Å². The Labute approximate surface area is 78.5 Å². The van der Waals surface area contributed by atoms with Gasteiger partial charge in [-0.3, -0.25) is 0 Å². The average Bonchev–Trinajstić information content (AvgIpc) is 2.16. The van der Waals surface area contributed by atoms with Gasteiger partial charge in [0.05, 0.1) is 14.2 Å². The Morgan fingerprint density at radius 1 is 1.31 bits per heavy atom. The van der Waals surface area contributed by atoms with E-state index in [1.807, 2.05) is 6.92 Å². The zero-order valence-electron chi connectivity index (χ0n) is 7.90. The molecule has 0 fully saturated rings. The van der Waals surface area contributed by atoms with Crippen LogP contribution in [-0.4, -0.2) is 14.2 Å². The lowest BCUT2D eigenvalue weighted by Crippen LogP contribution is -1.99. The topological polar surface area (TPSA) is 35.5 Å². The second-order valence-electron chi connectivity index (χ2n) is 2.59. The Morgan fingerprint density at radius 2 is 2.00 bits per heavy atom. The molecule has 0 amide bonds. The summed E-state index contributed by atoms with van der Waals surface area (Å²) in [5, 5.41) is 0.691. The normalized spacial score (nSPS) is 11.2. The molecule has 1 aromatic carbocycles. The van der Waals surface area contributed by atoms with Gasteiger partial charge in [0.1, 0.15) is 5.75 Å². The van der Waals surface area contributed by atoms with E-state index in [2.05, 4.69) is 0 Å². The van der Waals surface area contributed by atoms with Gasteiger partial charge in [0.15, 0.2) is 0 Å². The number of hydrogen-bond acceptors (Lipinski definition) is 3. The molecule has 0 N–H and O–H groups in total. The van der Waals surface area contributed by atoms with Crippen molar-refractivity contribution in [2.75, 3.05) is 14.2 Å². The zero-order valence-corrected chi connectivity index (χ0v) is 8.80. The van der Waals surface area contributed by atoms with Crippen molar-refractivity contribution in [2.45, 2.75) is 6.92 Å². The van der Waals surface area contributed by atoms with E-state index >= 15 is 0 Å². The van der Waals surface area contributed by atoms with E-state index in [4.69, 9.17) is 9.26 Å². The maximum Gasteiger partial charge on any atom is 0.548 e. The number of rotatable bonds is 3. The van der Waals surface area contributed by atoms with E-state index in [-0.39, 0.29) is 0 Å². The summed E-state index contributed by atoms with van der Waals surface area (Å²) in [6.07, 6.45) is 0. The highest BCUT2D eigenvalue weighted by molar-refractivity contribution is 7.48. The van der Waals surface area contributed by atoms with Crippen LogP contribution in [0.1, 0.15) is 5.56 Å². The van der Waals surface area contributed by atoms with Crippen LogP contribution in [0.3, 0.4) is 0 Å². The second kappa shape index (κ2) is 4.35. The first kappa shape index (κ1) is 10.2. The smallest absolute Gasteiger partial charge is 0.496 e. The molecule has 0 aliphatic carbocycles. The first-order chi connectivity index (χ1) is 6.19. The van der Waals surface area contributed by atoms with Crippen molar-refractivity contribution in [2.24, 2.45) is 0 Å². The van der Waals surface area contributed by atoms with Crippen LogP contribution >= 0.6 is 8.03 Å². The fraction of sp³-hybridized carbons (Fsp3) is 0.333. The van der Waals surface area contributed by atoms with E-state index in [9.17, 15) is 4.57 Å². The van der Waals surface area contributed by atoms with E-state index in [1.54, 1.807) is 25.3 Å². The van der Waals surface area contributed by atoms with Gasteiger partial charge in [-0.15, -0.1) is 4.52 Å². The fourth-order valence-corrected chi connectivity index (χ4v) is 1.79. The predicted molar refractivity (Wildman–Crippen MR) is 52.0 cm³/mol. The Hall–Kier alpha value is -0.920. The predicted octanol–water partition coefficient (Wildman–Crippen LogP) is 2.02. The summed E-state index contributed by atoms with van der Waals surface area (Å²) in [6.45, 7) is 1.90. The van der Waals surface area contributed by atoms with Gasteiger partial charge in [-0.1, -0.05) is 0 Å². The van der Waals surface area contributed by atoms with E-state index in [0.29, 0.717) is 5.30 Å². The molecule has 0 spiro atoms. The number of benzene rings is 1. The quantitative estimate of drug-likeness (QED) is 0.698. The zero-order chi connectivity index (χ0) is 9.84. The average molecular weight is 199 g/mol. The molecule has 0 aliphatic rings. The van der Waals surface area contributed by atoms with Crippen LogP contribution < -0.4 is 10.0 Å². The van der Waals surface area contributed by atoms with Gasteiger partial charge in [-0.2, -0.15) is 0 Å². The number of hydrogen-bond donors (Lipinski definition) is 0. The third-order valence-electron chi connectivity index (χ3n) is 1.76. The van der Waals surface area contributed by atoms with Gasteiger partial charge < -0.3 is 4.74 Å².